The Balaban J connectivity index is 1.82. The quantitative estimate of drug-likeness (QED) is 0.844. The number of amidine groups is 1. The Morgan fingerprint density at radius 3 is 2.48 bits per heavy atom. The Bertz CT molecular complexity index is 607. The maximum atomic E-state index is 12.3. The molecule has 5 heteroatoms. The van der Waals surface area contributed by atoms with Gasteiger partial charge in [-0.25, -0.2) is 0 Å². The van der Waals surface area contributed by atoms with Crippen LogP contribution in [0.15, 0.2) is 29.3 Å². The van der Waals surface area contributed by atoms with E-state index in [1.807, 2.05) is 11.9 Å². The first-order valence-electron chi connectivity index (χ1n) is 8.30. The molecule has 0 radical (unpaired) electrons. The molecule has 1 amide bonds. The van der Waals surface area contributed by atoms with Crippen molar-refractivity contribution >= 4 is 28.5 Å². The van der Waals surface area contributed by atoms with Crippen LogP contribution in [0.1, 0.15) is 45.1 Å². The van der Waals surface area contributed by atoms with Gasteiger partial charge in [0.1, 0.15) is 6.17 Å². The predicted octanol–water partition coefficient (Wildman–Crippen LogP) is 3.69. The summed E-state index contributed by atoms with van der Waals surface area (Å²) in [6.07, 6.45) is 2.45. The maximum absolute atomic E-state index is 12.3. The smallest absolute Gasteiger partial charge is 0.225 e. The molecule has 0 N–H and O–H groups in total. The lowest BCUT2D eigenvalue weighted by Crippen LogP contribution is -2.48. The Morgan fingerprint density at radius 1 is 1.30 bits per heavy atom. The van der Waals surface area contributed by atoms with Crippen molar-refractivity contribution in [3.05, 3.63) is 29.8 Å². The number of aliphatic imine (C=N–C) groups is 1. The van der Waals surface area contributed by atoms with Gasteiger partial charge in [0.15, 0.2) is 5.17 Å². The summed E-state index contributed by atoms with van der Waals surface area (Å²) in [7, 11) is 2.05. The normalized spacial score (nSPS) is 22.9. The van der Waals surface area contributed by atoms with Crippen LogP contribution in [0.5, 0.6) is 0 Å². The van der Waals surface area contributed by atoms with Crippen LogP contribution in [-0.2, 0) is 4.79 Å². The highest BCUT2D eigenvalue weighted by Crippen LogP contribution is 2.32. The van der Waals surface area contributed by atoms with Crippen molar-refractivity contribution in [3.63, 3.8) is 0 Å². The fourth-order valence-corrected chi connectivity index (χ4v) is 4.03. The van der Waals surface area contributed by atoms with Crippen LogP contribution in [0.25, 0.3) is 0 Å². The third kappa shape index (κ3) is 3.55. The Labute approximate surface area is 142 Å². The van der Waals surface area contributed by atoms with Gasteiger partial charge in [-0.05, 0) is 36.5 Å². The zero-order valence-electron chi connectivity index (χ0n) is 14.3. The maximum Gasteiger partial charge on any atom is 0.225 e. The van der Waals surface area contributed by atoms with Gasteiger partial charge in [-0.15, -0.1) is 0 Å². The van der Waals surface area contributed by atoms with E-state index in [1.54, 1.807) is 18.7 Å². The molecule has 1 aromatic carbocycles. The van der Waals surface area contributed by atoms with Gasteiger partial charge < -0.3 is 4.90 Å². The third-order valence-corrected chi connectivity index (χ3v) is 5.54. The van der Waals surface area contributed by atoms with E-state index in [-0.39, 0.29) is 12.1 Å². The average Bonchev–Trinajstić information content (AvgIpc) is 3.26. The highest BCUT2D eigenvalue weighted by molar-refractivity contribution is 8.14. The number of nitrogens with zero attached hydrogens (tertiary/aromatic N) is 3. The molecule has 1 aliphatic carbocycles. The first-order chi connectivity index (χ1) is 11.0. The van der Waals surface area contributed by atoms with Gasteiger partial charge in [0, 0.05) is 25.4 Å². The van der Waals surface area contributed by atoms with Crippen molar-refractivity contribution in [1.29, 1.82) is 0 Å². The molecule has 23 heavy (non-hydrogen) atoms. The zero-order valence-corrected chi connectivity index (χ0v) is 15.1. The van der Waals surface area contributed by atoms with E-state index in [4.69, 9.17) is 4.99 Å². The van der Waals surface area contributed by atoms with Gasteiger partial charge in [0.25, 0.3) is 0 Å². The van der Waals surface area contributed by atoms with Crippen LogP contribution in [0.2, 0.25) is 0 Å². The van der Waals surface area contributed by atoms with E-state index in [9.17, 15) is 4.79 Å². The number of hydrogen-bond acceptors (Lipinski definition) is 3. The van der Waals surface area contributed by atoms with Crippen LogP contribution >= 0.6 is 11.8 Å². The van der Waals surface area contributed by atoms with Gasteiger partial charge in [0.2, 0.25) is 5.91 Å². The van der Waals surface area contributed by atoms with Crippen molar-refractivity contribution in [1.82, 2.24) is 4.90 Å². The van der Waals surface area contributed by atoms with Crippen LogP contribution in [-0.4, -0.2) is 41.0 Å². The first kappa shape index (κ1) is 16.4. The summed E-state index contributed by atoms with van der Waals surface area (Å²) in [4.78, 5) is 21.1. The lowest BCUT2D eigenvalue weighted by Gasteiger charge is -2.33. The summed E-state index contributed by atoms with van der Waals surface area (Å²) >= 11 is 1.76. The Hall–Kier alpha value is -1.49. The highest BCUT2D eigenvalue weighted by Gasteiger charge is 2.35. The van der Waals surface area contributed by atoms with E-state index in [0.29, 0.717) is 12.0 Å². The molecule has 0 spiro atoms. The number of carbonyl (C=O) groups excluding carboxylic acids is 1. The van der Waals surface area contributed by atoms with Crippen molar-refractivity contribution in [2.24, 2.45) is 4.99 Å². The van der Waals surface area contributed by atoms with Crippen molar-refractivity contribution in [3.8, 4) is 0 Å². The summed E-state index contributed by atoms with van der Waals surface area (Å²) in [5, 5.41) is 1.07. The SMILES string of the molecule is CC(=O)N(c1ccc(C(C)C)cc1)C1CSC(=NC2CC2)N1C. The average molecular weight is 331 g/mol. The third-order valence-electron chi connectivity index (χ3n) is 4.43. The molecule has 1 aliphatic heterocycles. The van der Waals surface area contributed by atoms with Gasteiger partial charge in [-0.3, -0.25) is 14.7 Å². The van der Waals surface area contributed by atoms with Crippen molar-refractivity contribution in [2.75, 3.05) is 17.7 Å². The Kier molecular flexibility index (Phi) is 4.67. The molecule has 2 fully saturated rings. The van der Waals surface area contributed by atoms with E-state index < -0.39 is 0 Å². The molecule has 3 rings (SSSR count). The number of carbonyl (C=O) groups is 1. The molecule has 1 saturated heterocycles. The van der Waals surface area contributed by atoms with Crippen LogP contribution in [0.3, 0.4) is 0 Å². The molecule has 1 heterocycles. The molecule has 1 atom stereocenters. The van der Waals surface area contributed by atoms with Crippen LogP contribution in [0.4, 0.5) is 5.69 Å². The molecule has 4 nitrogen and oxygen atoms in total. The van der Waals surface area contributed by atoms with Crippen LogP contribution < -0.4 is 4.90 Å². The van der Waals surface area contributed by atoms with Crippen molar-refractivity contribution in [2.45, 2.75) is 51.7 Å². The standard InChI is InChI=1S/C18H25N3OS/c1-12(2)14-5-9-16(10-6-14)21(13(3)22)17-11-23-18(20(17)4)19-15-7-8-15/h5-6,9-10,12,15,17H,7-8,11H2,1-4H3. The topological polar surface area (TPSA) is 35.9 Å². The van der Waals surface area contributed by atoms with Gasteiger partial charge in [0.05, 0.1) is 6.04 Å². The van der Waals surface area contributed by atoms with Crippen molar-refractivity contribution < 1.29 is 4.79 Å². The number of anilines is 1. The number of amides is 1. The van der Waals surface area contributed by atoms with Gasteiger partial charge >= 0.3 is 0 Å². The molecule has 124 valence electrons. The zero-order chi connectivity index (χ0) is 16.6. The second kappa shape index (κ2) is 6.56. The van der Waals surface area contributed by atoms with E-state index in [2.05, 4.69) is 43.0 Å². The van der Waals surface area contributed by atoms with Gasteiger partial charge in [-0.1, -0.05) is 37.7 Å². The molecule has 2 aliphatic rings. The summed E-state index contributed by atoms with van der Waals surface area (Å²) in [5.74, 6) is 1.44. The molecule has 1 unspecified atom stereocenters. The Morgan fingerprint density at radius 2 is 1.96 bits per heavy atom. The summed E-state index contributed by atoms with van der Waals surface area (Å²) in [6, 6.07) is 8.88. The van der Waals surface area contributed by atoms with E-state index >= 15 is 0 Å². The second-order valence-electron chi connectivity index (χ2n) is 6.68. The lowest BCUT2D eigenvalue weighted by atomic mass is 10.0. The number of benzene rings is 1. The van der Waals surface area contributed by atoms with Crippen LogP contribution in [0, 0.1) is 0 Å². The number of hydrogen-bond donors (Lipinski definition) is 0. The number of thioether (sulfide) groups is 1. The van der Waals surface area contributed by atoms with E-state index in [1.165, 1.54) is 18.4 Å². The summed E-state index contributed by atoms with van der Waals surface area (Å²) < 4.78 is 0. The molecular weight excluding hydrogens is 306 g/mol. The molecular formula is C18H25N3OS. The van der Waals surface area contributed by atoms with Gasteiger partial charge in [-0.2, -0.15) is 0 Å². The summed E-state index contributed by atoms with van der Waals surface area (Å²) in [6.45, 7) is 6.00. The highest BCUT2D eigenvalue weighted by atomic mass is 32.2. The lowest BCUT2D eigenvalue weighted by molar-refractivity contribution is -0.117. The summed E-state index contributed by atoms with van der Waals surface area (Å²) in [5.41, 5.74) is 2.26. The molecule has 0 bridgehead atoms. The molecule has 1 saturated carbocycles. The molecule has 1 aromatic rings. The fourth-order valence-electron chi connectivity index (χ4n) is 2.81. The molecule has 0 aromatic heterocycles. The minimum atomic E-state index is 0.0416. The monoisotopic (exact) mass is 331 g/mol. The second-order valence-corrected chi connectivity index (χ2v) is 7.67. The van der Waals surface area contributed by atoms with E-state index in [0.717, 1.165) is 16.6 Å². The minimum absolute atomic E-state index is 0.0416. The number of rotatable bonds is 4. The minimum Gasteiger partial charge on any atom is -0.333 e. The first-order valence-corrected chi connectivity index (χ1v) is 9.29. The predicted molar refractivity (Wildman–Crippen MR) is 98.2 cm³/mol. The fraction of sp³-hybridized carbons (Fsp3) is 0.556. The largest absolute Gasteiger partial charge is 0.333 e.